The van der Waals surface area contributed by atoms with Gasteiger partial charge in [0.15, 0.2) is 17.0 Å². The number of carbonyl (C=O) groups excluding carboxylic acids is 1. The molecule has 2 aromatic heterocycles. The van der Waals surface area contributed by atoms with Crippen LogP contribution in [0.25, 0.3) is 11.2 Å². The minimum absolute atomic E-state index is 0.119. The molecular formula is C18H19N5O3. The van der Waals surface area contributed by atoms with Gasteiger partial charge in [-0.05, 0) is 12.5 Å². The second-order valence-corrected chi connectivity index (χ2v) is 5.98. The maximum Gasteiger partial charge on any atom is 0.320 e. The van der Waals surface area contributed by atoms with Crippen molar-refractivity contribution in [1.82, 2.24) is 19.5 Å². The Bertz CT molecular complexity index is 963. The number of carbonyl (C=O) groups is 1. The summed E-state index contributed by atoms with van der Waals surface area (Å²) in [6.07, 6.45) is 1.45. The molecule has 2 heterocycles. The number of aromatic nitrogens is 4. The number of aldehydes is 1. The molecule has 26 heavy (non-hydrogen) atoms. The van der Waals surface area contributed by atoms with Crippen molar-refractivity contribution in [3.8, 4) is 12.0 Å². The van der Waals surface area contributed by atoms with E-state index in [1.54, 1.807) is 24.3 Å². The standard InChI is InChI=1S/C18H19N5O3/c1-11(2)7-8-26-17-21-15(19)14-16(22-17)23(18(25)20-14)9-12-3-5-13(10-24)6-4-12/h3-6,10H,1,7-9H2,2H3,(H,20,25)(H2,19,21,22). The van der Waals surface area contributed by atoms with E-state index in [2.05, 4.69) is 21.5 Å². The molecule has 0 fully saturated rings. The van der Waals surface area contributed by atoms with Gasteiger partial charge in [0.25, 0.3) is 6.01 Å². The average Bonchev–Trinajstić information content (AvgIpc) is 2.92. The van der Waals surface area contributed by atoms with E-state index < -0.39 is 0 Å². The fourth-order valence-electron chi connectivity index (χ4n) is 2.40. The number of nitrogens with two attached hydrogens (primary N) is 1. The SMILES string of the molecule is C=C(C)CCOc1nc(N)c2nc(O)n(Cc3ccc(C=O)cc3)c2n1. The Labute approximate surface area is 150 Å². The Hall–Kier alpha value is -3.42. The summed E-state index contributed by atoms with van der Waals surface area (Å²) in [5.41, 5.74) is 9.04. The number of aromatic hydroxyl groups is 1. The third-order valence-electron chi connectivity index (χ3n) is 3.80. The highest BCUT2D eigenvalue weighted by atomic mass is 16.5. The van der Waals surface area contributed by atoms with Crippen LogP contribution in [0, 0.1) is 0 Å². The lowest BCUT2D eigenvalue weighted by molar-refractivity contribution is 0.112. The third-order valence-corrected chi connectivity index (χ3v) is 3.80. The van der Waals surface area contributed by atoms with E-state index in [1.807, 2.05) is 6.92 Å². The Balaban J connectivity index is 1.93. The van der Waals surface area contributed by atoms with Crippen molar-refractivity contribution < 1.29 is 14.6 Å². The van der Waals surface area contributed by atoms with Crippen LogP contribution in [0.2, 0.25) is 0 Å². The second-order valence-electron chi connectivity index (χ2n) is 5.98. The van der Waals surface area contributed by atoms with Crippen molar-refractivity contribution in [3.05, 3.63) is 47.5 Å². The van der Waals surface area contributed by atoms with Gasteiger partial charge in [0.1, 0.15) is 6.29 Å². The largest absolute Gasteiger partial charge is 0.480 e. The third kappa shape index (κ3) is 3.64. The van der Waals surface area contributed by atoms with Gasteiger partial charge < -0.3 is 15.6 Å². The molecule has 3 N–H and O–H groups in total. The topological polar surface area (TPSA) is 116 Å². The predicted octanol–water partition coefficient (Wildman–Crippen LogP) is 2.32. The molecule has 0 atom stereocenters. The molecule has 0 bridgehead atoms. The molecule has 0 unspecified atom stereocenters. The van der Waals surface area contributed by atoms with Crippen LogP contribution < -0.4 is 10.5 Å². The first-order valence-corrected chi connectivity index (χ1v) is 8.02. The summed E-state index contributed by atoms with van der Waals surface area (Å²) in [7, 11) is 0. The molecule has 134 valence electrons. The fourth-order valence-corrected chi connectivity index (χ4v) is 2.40. The zero-order valence-corrected chi connectivity index (χ0v) is 14.3. The van der Waals surface area contributed by atoms with Gasteiger partial charge in [-0.15, -0.1) is 6.58 Å². The maximum absolute atomic E-state index is 10.8. The van der Waals surface area contributed by atoms with Gasteiger partial charge in [-0.1, -0.05) is 29.8 Å². The van der Waals surface area contributed by atoms with Crippen molar-refractivity contribution in [2.24, 2.45) is 0 Å². The summed E-state index contributed by atoms with van der Waals surface area (Å²) < 4.78 is 7.03. The van der Waals surface area contributed by atoms with Crippen LogP contribution >= 0.6 is 0 Å². The molecule has 0 aliphatic carbocycles. The number of imidazole rings is 1. The van der Waals surface area contributed by atoms with Crippen molar-refractivity contribution in [2.75, 3.05) is 12.3 Å². The molecule has 0 radical (unpaired) electrons. The van der Waals surface area contributed by atoms with Crippen molar-refractivity contribution >= 4 is 23.3 Å². The van der Waals surface area contributed by atoms with Crippen molar-refractivity contribution in [1.29, 1.82) is 0 Å². The van der Waals surface area contributed by atoms with Gasteiger partial charge in [0, 0.05) is 12.0 Å². The number of ether oxygens (including phenoxy) is 1. The van der Waals surface area contributed by atoms with E-state index >= 15 is 0 Å². The van der Waals surface area contributed by atoms with Crippen LogP contribution in [0.4, 0.5) is 5.82 Å². The zero-order valence-electron chi connectivity index (χ0n) is 14.3. The van der Waals surface area contributed by atoms with Gasteiger partial charge in [0.05, 0.1) is 13.2 Å². The summed E-state index contributed by atoms with van der Waals surface area (Å²) >= 11 is 0. The van der Waals surface area contributed by atoms with Crippen LogP contribution in [-0.4, -0.2) is 37.5 Å². The predicted molar refractivity (Wildman–Crippen MR) is 97.3 cm³/mol. The summed E-state index contributed by atoms with van der Waals surface area (Å²) in [5.74, 6) is 0.130. The van der Waals surface area contributed by atoms with Gasteiger partial charge in [-0.3, -0.25) is 9.36 Å². The number of rotatable bonds is 7. The van der Waals surface area contributed by atoms with Gasteiger partial charge in [-0.2, -0.15) is 15.0 Å². The van der Waals surface area contributed by atoms with Crippen LogP contribution in [0.1, 0.15) is 29.3 Å². The molecular weight excluding hydrogens is 334 g/mol. The smallest absolute Gasteiger partial charge is 0.320 e. The highest BCUT2D eigenvalue weighted by Crippen LogP contribution is 2.25. The molecule has 0 aliphatic rings. The van der Waals surface area contributed by atoms with E-state index in [0.717, 1.165) is 17.4 Å². The number of nitrogen functional groups attached to an aromatic ring is 1. The lowest BCUT2D eigenvalue weighted by Gasteiger charge is -2.08. The molecule has 3 aromatic rings. The molecule has 3 rings (SSSR count). The van der Waals surface area contributed by atoms with Gasteiger partial charge in [-0.25, -0.2) is 0 Å². The summed E-state index contributed by atoms with van der Waals surface area (Å²) in [4.78, 5) is 23.2. The molecule has 0 saturated carbocycles. The number of benzene rings is 1. The molecule has 1 aromatic carbocycles. The zero-order chi connectivity index (χ0) is 18.7. The minimum Gasteiger partial charge on any atom is -0.480 e. The van der Waals surface area contributed by atoms with Crippen LogP contribution in [0.3, 0.4) is 0 Å². The molecule has 0 spiro atoms. The Morgan fingerprint density at radius 3 is 2.69 bits per heavy atom. The lowest BCUT2D eigenvalue weighted by Crippen LogP contribution is -2.06. The number of hydrogen-bond acceptors (Lipinski definition) is 7. The first kappa shape index (κ1) is 17.4. The highest BCUT2D eigenvalue weighted by Gasteiger charge is 2.17. The summed E-state index contributed by atoms with van der Waals surface area (Å²) in [6.45, 7) is 6.41. The Morgan fingerprint density at radius 2 is 2.04 bits per heavy atom. The highest BCUT2D eigenvalue weighted by molar-refractivity contribution is 5.83. The van der Waals surface area contributed by atoms with E-state index in [0.29, 0.717) is 36.3 Å². The number of hydrogen-bond donors (Lipinski definition) is 2. The molecule has 8 heteroatoms. The van der Waals surface area contributed by atoms with Crippen LogP contribution in [-0.2, 0) is 6.54 Å². The monoisotopic (exact) mass is 353 g/mol. The van der Waals surface area contributed by atoms with Gasteiger partial charge in [0.2, 0.25) is 0 Å². The maximum atomic E-state index is 10.8. The van der Waals surface area contributed by atoms with Crippen molar-refractivity contribution in [3.63, 3.8) is 0 Å². The molecule has 0 saturated heterocycles. The van der Waals surface area contributed by atoms with E-state index in [1.165, 1.54) is 4.57 Å². The number of anilines is 1. The molecule has 0 aliphatic heterocycles. The first-order chi connectivity index (χ1) is 12.5. The average molecular weight is 353 g/mol. The summed E-state index contributed by atoms with van der Waals surface area (Å²) in [6, 6.07) is 6.89. The summed E-state index contributed by atoms with van der Waals surface area (Å²) in [5, 5.41) is 10.2. The van der Waals surface area contributed by atoms with Crippen molar-refractivity contribution in [2.45, 2.75) is 19.9 Å². The first-order valence-electron chi connectivity index (χ1n) is 8.02. The fraction of sp³-hybridized carbons (Fsp3) is 0.222. The number of nitrogens with zero attached hydrogens (tertiary/aromatic N) is 4. The molecule has 0 amide bonds. The minimum atomic E-state index is -0.223. The van der Waals surface area contributed by atoms with E-state index in [4.69, 9.17) is 10.5 Å². The normalized spacial score (nSPS) is 10.8. The van der Waals surface area contributed by atoms with Gasteiger partial charge >= 0.3 is 6.01 Å². The van der Waals surface area contributed by atoms with Crippen LogP contribution in [0.5, 0.6) is 12.0 Å². The quantitative estimate of drug-likeness (QED) is 0.494. The van der Waals surface area contributed by atoms with E-state index in [-0.39, 0.29) is 17.8 Å². The lowest BCUT2D eigenvalue weighted by atomic mass is 10.1. The number of fused-ring (bicyclic) bond motifs is 1. The Kier molecular flexibility index (Phi) is 4.83. The van der Waals surface area contributed by atoms with Crippen LogP contribution in [0.15, 0.2) is 36.4 Å². The molecule has 8 nitrogen and oxygen atoms in total. The second kappa shape index (κ2) is 7.22. The van der Waals surface area contributed by atoms with E-state index in [9.17, 15) is 9.90 Å². The Morgan fingerprint density at radius 1 is 1.31 bits per heavy atom.